The molecule has 1 atom stereocenters. The van der Waals surface area contributed by atoms with Crippen LogP contribution in [0.1, 0.15) is 23.2 Å². The molecule has 1 fully saturated rings. The highest BCUT2D eigenvalue weighted by Gasteiger charge is 2.21. The number of methoxy groups -OCH3 is 1. The molecule has 1 saturated heterocycles. The fourth-order valence-corrected chi connectivity index (χ4v) is 1.97. The van der Waals surface area contributed by atoms with Crippen molar-refractivity contribution in [1.29, 1.82) is 0 Å². The molecular weight excluding hydrogens is 223 g/mol. The first-order chi connectivity index (χ1) is 8.20. The number of benzene rings is 1. The molecule has 0 spiro atoms. The maximum atomic E-state index is 13.6. The number of carbonyl (C=O) groups excluding carboxylic acids is 1. The van der Waals surface area contributed by atoms with Gasteiger partial charge >= 0.3 is 0 Å². The molecule has 1 aliphatic heterocycles. The summed E-state index contributed by atoms with van der Waals surface area (Å²) in [4.78, 5) is 11.9. The van der Waals surface area contributed by atoms with Crippen LogP contribution in [-0.4, -0.2) is 26.1 Å². The minimum atomic E-state index is -0.520. The first-order valence-corrected chi connectivity index (χ1v) is 5.65. The molecule has 0 radical (unpaired) electrons. The van der Waals surface area contributed by atoms with Crippen molar-refractivity contribution in [2.45, 2.75) is 12.8 Å². The largest absolute Gasteiger partial charge is 0.497 e. The minimum absolute atomic E-state index is 0.137. The Labute approximate surface area is 99.5 Å². The highest BCUT2D eigenvalue weighted by Crippen LogP contribution is 2.22. The van der Waals surface area contributed by atoms with Crippen molar-refractivity contribution in [3.8, 4) is 5.75 Å². The summed E-state index contributed by atoms with van der Waals surface area (Å²) in [6.45, 7) is 1.30. The maximum Gasteiger partial charge on any atom is 0.166 e. The van der Waals surface area contributed by atoms with E-state index in [2.05, 4.69) is 0 Å². The molecule has 4 heteroatoms. The third kappa shape index (κ3) is 2.82. The van der Waals surface area contributed by atoms with Gasteiger partial charge in [-0.25, -0.2) is 4.39 Å². The average Bonchev–Trinajstić information content (AvgIpc) is 2.81. The molecule has 1 unspecified atom stereocenters. The zero-order chi connectivity index (χ0) is 12.3. The van der Waals surface area contributed by atoms with Gasteiger partial charge in [0.05, 0.1) is 12.7 Å². The SMILES string of the molecule is COc1ccc(C(=O)CC2CCOC2)c(F)c1. The van der Waals surface area contributed by atoms with E-state index in [1.54, 1.807) is 6.07 Å². The van der Waals surface area contributed by atoms with Crippen LogP contribution in [0.25, 0.3) is 0 Å². The third-order valence-electron chi connectivity index (χ3n) is 2.97. The van der Waals surface area contributed by atoms with E-state index < -0.39 is 5.82 Å². The minimum Gasteiger partial charge on any atom is -0.497 e. The van der Waals surface area contributed by atoms with E-state index in [4.69, 9.17) is 9.47 Å². The van der Waals surface area contributed by atoms with Crippen LogP contribution in [0.2, 0.25) is 0 Å². The fourth-order valence-electron chi connectivity index (χ4n) is 1.97. The summed E-state index contributed by atoms with van der Waals surface area (Å²) >= 11 is 0. The van der Waals surface area contributed by atoms with Crippen LogP contribution in [0.4, 0.5) is 4.39 Å². The number of hydrogen-bond donors (Lipinski definition) is 0. The van der Waals surface area contributed by atoms with E-state index in [1.165, 1.54) is 19.2 Å². The molecule has 17 heavy (non-hydrogen) atoms. The molecule has 0 aromatic heterocycles. The van der Waals surface area contributed by atoms with Gasteiger partial charge in [-0.3, -0.25) is 4.79 Å². The molecule has 1 aromatic rings. The van der Waals surface area contributed by atoms with E-state index in [1.807, 2.05) is 0 Å². The van der Waals surface area contributed by atoms with Crippen molar-refractivity contribution in [2.24, 2.45) is 5.92 Å². The van der Waals surface area contributed by atoms with Gasteiger partial charge in [-0.2, -0.15) is 0 Å². The van der Waals surface area contributed by atoms with Gasteiger partial charge in [0.2, 0.25) is 0 Å². The molecule has 0 aliphatic carbocycles. The molecule has 0 bridgehead atoms. The van der Waals surface area contributed by atoms with Gasteiger partial charge in [-0.15, -0.1) is 0 Å². The van der Waals surface area contributed by atoms with Crippen molar-refractivity contribution < 1.29 is 18.7 Å². The number of halogens is 1. The number of rotatable bonds is 4. The lowest BCUT2D eigenvalue weighted by Gasteiger charge is -2.08. The first-order valence-electron chi connectivity index (χ1n) is 5.65. The summed E-state index contributed by atoms with van der Waals surface area (Å²) in [5, 5.41) is 0. The molecule has 92 valence electrons. The van der Waals surface area contributed by atoms with E-state index in [-0.39, 0.29) is 17.3 Å². The molecule has 0 saturated carbocycles. The zero-order valence-corrected chi connectivity index (χ0v) is 9.74. The Morgan fingerprint density at radius 3 is 3.00 bits per heavy atom. The molecule has 1 heterocycles. The Hall–Kier alpha value is -1.42. The summed E-state index contributed by atoms with van der Waals surface area (Å²) in [5.41, 5.74) is 0.137. The molecule has 0 amide bonds. The van der Waals surface area contributed by atoms with Crippen LogP contribution in [0.15, 0.2) is 18.2 Å². The third-order valence-corrected chi connectivity index (χ3v) is 2.97. The Bertz CT molecular complexity index is 411. The lowest BCUT2D eigenvalue weighted by Crippen LogP contribution is -2.10. The van der Waals surface area contributed by atoms with Gasteiger partial charge in [-0.1, -0.05) is 0 Å². The van der Waals surface area contributed by atoms with Gasteiger partial charge in [0, 0.05) is 25.7 Å². The van der Waals surface area contributed by atoms with Crippen molar-refractivity contribution in [1.82, 2.24) is 0 Å². The highest BCUT2D eigenvalue weighted by molar-refractivity contribution is 5.96. The second-order valence-electron chi connectivity index (χ2n) is 4.20. The van der Waals surface area contributed by atoms with E-state index in [0.717, 1.165) is 6.42 Å². The summed E-state index contributed by atoms with van der Waals surface area (Å²) in [6, 6.07) is 4.31. The van der Waals surface area contributed by atoms with Gasteiger partial charge in [-0.05, 0) is 24.5 Å². The Morgan fingerprint density at radius 2 is 2.41 bits per heavy atom. The maximum absolute atomic E-state index is 13.6. The molecule has 2 rings (SSSR count). The van der Waals surface area contributed by atoms with E-state index >= 15 is 0 Å². The second-order valence-corrected chi connectivity index (χ2v) is 4.20. The molecule has 1 aromatic carbocycles. The topological polar surface area (TPSA) is 35.5 Å². The van der Waals surface area contributed by atoms with Gasteiger partial charge < -0.3 is 9.47 Å². The quantitative estimate of drug-likeness (QED) is 0.756. The number of ketones is 1. The van der Waals surface area contributed by atoms with Crippen LogP contribution in [0.5, 0.6) is 5.75 Å². The van der Waals surface area contributed by atoms with Crippen molar-refractivity contribution in [2.75, 3.05) is 20.3 Å². The zero-order valence-electron chi connectivity index (χ0n) is 9.74. The highest BCUT2D eigenvalue weighted by atomic mass is 19.1. The first kappa shape index (κ1) is 12.0. The fraction of sp³-hybridized carbons (Fsp3) is 0.462. The number of ether oxygens (including phenoxy) is 2. The van der Waals surface area contributed by atoms with Crippen LogP contribution in [0.3, 0.4) is 0 Å². The molecule has 0 N–H and O–H groups in total. The van der Waals surface area contributed by atoms with Crippen LogP contribution in [0, 0.1) is 11.7 Å². The van der Waals surface area contributed by atoms with E-state index in [9.17, 15) is 9.18 Å². The van der Waals surface area contributed by atoms with Gasteiger partial charge in [0.25, 0.3) is 0 Å². The smallest absolute Gasteiger partial charge is 0.166 e. The second kappa shape index (κ2) is 5.27. The summed E-state index contributed by atoms with van der Waals surface area (Å²) in [7, 11) is 1.46. The van der Waals surface area contributed by atoms with Gasteiger partial charge in [0.15, 0.2) is 5.78 Å². The lowest BCUT2D eigenvalue weighted by molar-refractivity contribution is 0.0948. The van der Waals surface area contributed by atoms with Crippen molar-refractivity contribution in [3.63, 3.8) is 0 Å². The summed E-state index contributed by atoms with van der Waals surface area (Å²) in [6.07, 6.45) is 1.23. The number of hydrogen-bond acceptors (Lipinski definition) is 3. The molecule has 3 nitrogen and oxygen atoms in total. The Kier molecular flexibility index (Phi) is 3.74. The van der Waals surface area contributed by atoms with Crippen LogP contribution in [-0.2, 0) is 4.74 Å². The van der Waals surface area contributed by atoms with Crippen LogP contribution < -0.4 is 4.74 Å². The van der Waals surface area contributed by atoms with E-state index in [0.29, 0.717) is 25.4 Å². The summed E-state index contributed by atoms with van der Waals surface area (Å²) in [5.74, 6) is -0.0406. The Morgan fingerprint density at radius 1 is 1.59 bits per heavy atom. The number of carbonyl (C=O) groups is 1. The van der Waals surface area contributed by atoms with Crippen LogP contribution >= 0.6 is 0 Å². The molecular formula is C13H15FO3. The molecule has 1 aliphatic rings. The van der Waals surface area contributed by atoms with Crippen molar-refractivity contribution >= 4 is 5.78 Å². The van der Waals surface area contributed by atoms with Gasteiger partial charge in [0.1, 0.15) is 11.6 Å². The average molecular weight is 238 g/mol. The predicted molar refractivity (Wildman–Crippen MR) is 60.8 cm³/mol. The summed E-state index contributed by atoms with van der Waals surface area (Å²) < 4.78 is 23.7. The Balaban J connectivity index is 2.07. The standard InChI is InChI=1S/C13H15FO3/c1-16-10-2-3-11(12(14)7-10)13(15)6-9-4-5-17-8-9/h2-3,7,9H,4-6,8H2,1H3. The predicted octanol–water partition coefficient (Wildman–Crippen LogP) is 2.44. The normalized spacial score (nSPS) is 19.3. The monoisotopic (exact) mass is 238 g/mol. The lowest BCUT2D eigenvalue weighted by atomic mass is 9.97. The number of Topliss-reactive ketones (excluding diaryl/α,β-unsaturated/α-hetero) is 1. The van der Waals surface area contributed by atoms with Crippen molar-refractivity contribution in [3.05, 3.63) is 29.6 Å².